The fourth-order valence-corrected chi connectivity index (χ4v) is 2.33. The lowest BCUT2D eigenvalue weighted by molar-refractivity contribution is 0.101. The second kappa shape index (κ2) is 5.43. The molecule has 0 aliphatic heterocycles. The molecule has 2 aromatic carbocycles. The van der Waals surface area contributed by atoms with E-state index in [1.165, 1.54) is 6.07 Å². The molecule has 1 aromatic heterocycles. The van der Waals surface area contributed by atoms with E-state index in [2.05, 4.69) is 0 Å². The molecule has 0 amide bonds. The Kier molecular flexibility index (Phi) is 3.62. The first-order valence-corrected chi connectivity index (χ1v) is 6.91. The molecule has 0 radical (unpaired) electrons. The summed E-state index contributed by atoms with van der Waals surface area (Å²) in [5.74, 6) is 0.672. The summed E-state index contributed by atoms with van der Waals surface area (Å²) < 4.78 is 10.7. The monoisotopic (exact) mass is 320 g/mol. The van der Waals surface area contributed by atoms with Gasteiger partial charge in [0.2, 0.25) is 5.78 Å². The van der Waals surface area contributed by atoms with Gasteiger partial charge < -0.3 is 9.15 Å². The first kappa shape index (κ1) is 14.0. The van der Waals surface area contributed by atoms with E-state index in [1.807, 2.05) is 12.1 Å². The van der Waals surface area contributed by atoms with Gasteiger partial charge in [-0.15, -0.1) is 0 Å². The largest absolute Gasteiger partial charge is 0.497 e. The van der Waals surface area contributed by atoms with Gasteiger partial charge in [-0.1, -0.05) is 23.2 Å². The highest BCUT2D eigenvalue weighted by Gasteiger charge is 2.16. The van der Waals surface area contributed by atoms with Crippen molar-refractivity contribution in [3.8, 4) is 5.75 Å². The number of benzene rings is 2. The van der Waals surface area contributed by atoms with Crippen molar-refractivity contribution in [3.05, 3.63) is 63.8 Å². The van der Waals surface area contributed by atoms with Crippen LogP contribution in [0.1, 0.15) is 16.1 Å². The summed E-state index contributed by atoms with van der Waals surface area (Å²) >= 11 is 11.8. The lowest BCUT2D eigenvalue weighted by Crippen LogP contribution is -1.99. The van der Waals surface area contributed by atoms with Gasteiger partial charge in [0.1, 0.15) is 11.3 Å². The van der Waals surface area contributed by atoms with Crippen LogP contribution in [0, 0.1) is 0 Å². The Hall–Kier alpha value is -1.97. The SMILES string of the molecule is COc1ccc2cc(C(=O)c3ccc(Cl)c(Cl)c3)oc2c1. The lowest BCUT2D eigenvalue weighted by Gasteiger charge is -2.00. The molecule has 0 bridgehead atoms. The van der Waals surface area contributed by atoms with E-state index in [0.29, 0.717) is 26.9 Å². The number of hydrogen-bond acceptors (Lipinski definition) is 3. The molecule has 0 saturated heterocycles. The fourth-order valence-electron chi connectivity index (χ4n) is 2.03. The van der Waals surface area contributed by atoms with Crippen LogP contribution in [0.4, 0.5) is 0 Å². The highest BCUT2D eigenvalue weighted by atomic mass is 35.5. The standard InChI is InChI=1S/C16H10Cl2O3/c1-20-11-4-2-9-7-15(21-14(9)8-11)16(19)10-3-5-12(17)13(18)6-10/h2-8H,1H3. The normalized spacial score (nSPS) is 10.8. The third-order valence-corrected chi connectivity index (χ3v) is 3.87. The van der Waals surface area contributed by atoms with E-state index < -0.39 is 0 Å². The topological polar surface area (TPSA) is 39.4 Å². The van der Waals surface area contributed by atoms with Gasteiger partial charge in [0, 0.05) is 17.0 Å². The second-order valence-corrected chi connectivity index (χ2v) is 5.29. The maximum Gasteiger partial charge on any atom is 0.228 e. The minimum Gasteiger partial charge on any atom is -0.497 e. The summed E-state index contributed by atoms with van der Waals surface area (Å²) in [6, 6.07) is 11.8. The average Bonchev–Trinajstić information content (AvgIpc) is 2.92. The van der Waals surface area contributed by atoms with Crippen LogP contribution >= 0.6 is 23.2 Å². The summed E-state index contributed by atoms with van der Waals surface area (Å²) in [6.45, 7) is 0. The van der Waals surface area contributed by atoms with Crippen LogP contribution < -0.4 is 4.74 Å². The molecule has 0 aliphatic rings. The van der Waals surface area contributed by atoms with Crippen LogP contribution in [0.2, 0.25) is 10.0 Å². The van der Waals surface area contributed by atoms with Crippen molar-refractivity contribution in [2.75, 3.05) is 7.11 Å². The van der Waals surface area contributed by atoms with Gasteiger partial charge in [0.05, 0.1) is 17.2 Å². The van der Waals surface area contributed by atoms with Crippen molar-refractivity contribution in [1.82, 2.24) is 0 Å². The maximum atomic E-state index is 12.4. The van der Waals surface area contributed by atoms with E-state index in [-0.39, 0.29) is 11.5 Å². The zero-order valence-electron chi connectivity index (χ0n) is 11.0. The van der Waals surface area contributed by atoms with Crippen molar-refractivity contribution in [2.45, 2.75) is 0 Å². The number of rotatable bonds is 3. The minimum absolute atomic E-state index is 0.247. The molecule has 0 spiro atoms. The van der Waals surface area contributed by atoms with Gasteiger partial charge in [-0.2, -0.15) is 0 Å². The fraction of sp³-hybridized carbons (Fsp3) is 0.0625. The van der Waals surface area contributed by atoms with E-state index in [4.69, 9.17) is 32.4 Å². The molecule has 5 heteroatoms. The number of methoxy groups -OCH3 is 1. The predicted molar refractivity (Wildman–Crippen MR) is 82.7 cm³/mol. The summed E-state index contributed by atoms with van der Waals surface area (Å²) in [6.07, 6.45) is 0. The van der Waals surface area contributed by atoms with Crippen molar-refractivity contribution in [1.29, 1.82) is 0 Å². The first-order chi connectivity index (χ1) is 10.1. The average molecular weight is 321 g/mol. The maximum absolute atomic E-state index is 12.4. The molecule has 3 rings (SSSR count). The first-order valence-electron chi connectivity index (χ1n) is 6.16. The zero-order valence-corrected chi connectivity index (χ0v) is 12.5. The van der Waals surface area contributed by atoms with Gasteiger partial charge >= 0.3 is 0 Å². The predicted octanol–water partition coefficient (Wildman–Crippen LogP) is 4.98. The second-order valence-electron chi connectivity index (χ2n) is 4.47. The van der Waals surface area contributed by atoms with Gasteiger partial charge in [-0.05, 0) is 36.4 Å². The number of hydrogen-bond donors (Lipinski definition) is 0. The molecule has 3 nitrogen and oxygen atoms in total. The molecular formula is C16H10Cl2O3. The van der Waals surface area contributed by atoms with Gasteiger partial charge in [0.15, 0.2) is 5.76 Å². The van der Waals surface area contributed by atoms with Crippen LogP contribution in [0.25, 0.3) is 11.0 Å². The molecular weight excluding hydrogens is 311 g/mol. The third kappa shape index (κ3) is 2.62. The summed E-state index contributed by atoms with van der Waals surface area (Å²) in [5, 5.41) is 1.57. The number of carbonyl (C=O) groups excluding carboxylic acids is 1. The van der Waals surface area contributed by atoms with E-state index in [1.54, 1.807) is 31.4 Å². The van der Waals surface area contributed by atoms with Crippen LogP contribution in [0.5, 0.6) is 5.75 Å². The van der Waals surface area contributed by atoms with Crippen LogP contribution in [-0.4, -0.2) is 12.9 Å². The van der Waals surface area contributed by atoms with E-state index in [9.17, 15) is 4.79 Å². The Morgan fingerprint density at radius 3 is 2.57 bits per heavy atom. The number of ketones is 1. The molecule has 21 heavy (non-hydrogen) atoms. The zero-order chi connectivity index (χ0) is 15.0. The molecule has 0 unspecified atom stereocenters. The Morgan fingerprint density at radius 2 is 1.86 bits per heavy atom. The summed E-state index contributed by atoms with van der Waals surface area (Å²) in [7, 11) is 1.58. The molecule has 0 fully saturated rings. The summed E-state index contributed by atoms with van der Waals surface area (Å²) in [5.41, 5.74) is 1.02. The van der Waals surface area contributed by atoms with Crippen molar-refractivity contribution in [2.24, 2.45) is 0 Å². The molecule has 0 N–H and O–H groups in total. The van der Waals surface area contributed by atoms with Crippen LogP contribution in [0.15, 0.2) is 46.9 Å². The quantitative estimate of drug-likeness (QED) is 0.639. The number of ether oxygens (including phenoxy) is 1. The molecule has 0 aliphatic carbocycles. The molecule has 0 atom stereocenters. The van der Waals surface area contributed by atoms with Crippen LogP contribution in [-0.2, 0) is 0 Å². The number of carbonyl (C=O) groups is 1. The Morgan fingerprint density at radius 1 is 1.05 bits per heavy atom. The highest BCUT2D eigenvalue weighted by Crippen LogP contribution is 2.27. The van der Waals surface area contributed by atoms with Crippen molar-refractivity contribution in [3.63, 3.8) is 0 Å². The smallest absolute Gasteiger partial charge is 0.228 e. The highest BCUT2D eigenvalue weighted by molar-refractivity contribution is 6.42. The number of halogens is 2. The van der Waals surface area contributed by atoms with Crippen LogP contribution in [0.3, 0.4) is 0 Å². The van der Waals surface area contributed by atoms with E-state index in [0.717, 1.165) is 5.39 Å². The Balaban J connectivity index is 2.02. The Labute approximate surface area is 131 Å². The van der Waals surface area contributed by atoms with Crippen molar-refractivity contribution >= 4 is 40.0 Å². The molecule has 3 aromatic rings. The van der Waals surface area contributed by atoms with Gasteiger partial charge in [-0.25, -0.2) is 0 Å². The van der Waals surface area contributed by atoms with Gasteiger partial charge in [0.25, 0.3) is 0 Å². The van der Waals surface area contributed by atoms with Gasteiger partial charge in [-0.3, -0.25) is 4.79 Å². The number of furan rings is 1. The molecule has 1 heterocycles. The Bertz CT molecular complexity index is 837. The summed E-state index contributed by atoms with van der Waals surface area (Å²) in [4.78, 5) is 12.4. The minimum atomic E-state index is -0.247. The van der Waals surface area contributed by atoms with Crippen molar-refractivity contribution < 1.29 is 13.9 Å². The number of fused-ring (bicyclic) bond motifs is 1. The lowest BCUT2D eigenvalue weighted by atomic mass is 10.1. The van der Waals surface area contributed by atoms with E-state index >= 15 is 0 Å². The molecule has 0 saturated carbocycles. The molecule has 106 valence electrons. The third-order valence-electron chi connectivity index (χ3n) is 3.13.